The summed E-state index contributed by atoms with van der Waals surface area (Å²) in [5.74, 6) is 0. The summed E-state index contributed by atoms with van der Waals surface area (Å²) in [6.45, 7) is 8.32. The van der Waals surface area contributed by atoms with Crippen molar-refractivity contribution in [2.24, 2.45) is 0 Å². The number of hydrogen-bond acceptors (Lipinski definition) is 3. The van der Waals surface area contributed by atoms with Crippen LogP contribution in [0.25, 0.3) is 43.8 Å². The van der Waals surface area contributed by atoms with Crippen LogP contribution >= 0.6 is 0 Å². The quantitative estimate of drug-likeness (QED) is 0.298. The minimum Gasteiger partial charge on any atom is -0.456 e. The van der Waals surface area contributed by atoms with Crippen molar-refractivity contribution in [3.63, 3.8) is 0 Å². The van der Waals surface area contributed by atoms with E-state index in [4.69, 9.17) is 13.7 Å². The van der Waals surface area contributed by atoms with E-state index < -0.39 is 7.12 Å². The van der Waals surface area contributed by atoms with Gasteiger partial charge in [0.2, 0.25) is 0 Å². The highest BCUT2D eigenvalue weighted by atomic mass is 16.7. The zero-order valence-electron chi connectivity index (χ0n) is 18.8. The van der Waals surface area contributed by atoms with Crippen molar-refractivity contribution in [2.45, 2.75) is 38.9 Å². The molecule has 32 heavy (non-hydrogen) atoms. The molecule has 0 saturated carbocycles. The molecule has 1 aromatic heterocycles. The van der Waals surface area contributed by atoms with Gasteiger partial charge in [0.05, 0.1) is 11.2 Å². The first-order valence-electron chi connectivity index (χ1n) is 11.1. The summed E-state index contributed by atoms with van der Waals surface area (Å²) in [6.07, 6.45) is 0. The van der Waals surface area contributed by atoms with Gasteiger partial charge in [0, 0.05) is 10.8 Å². The van der Waals surface area contributed by atoms with Gasteiger partial charge in [-0.05, 0) is 79.3 Å². The van der Waals surface area contributed by atoms with Crippen LogP contribution in [0.5, 0.6) is 0 Å². The number of hydrogen-bond donors (Lipinski definition) is 0. The summed E-state index contributed by atoms with van der Waals surface area (Å²) in [7, 11) is -0.426. The van der Waals surface area contributed by atoms with Crippen molar-refractivity contribution in [1.29, 1.82) is 0 Å². The molecule has 1 aliphatic heterocycles. The van der Waals surface area contributed by atoms with Crippen LogP contribution in [0.2, 0.25) is 0 Å². The lowest BCUT2D eigenvalue weighted by Gasteiger charge is -2.32. The van der Waals surface area contributed by atoms with Crippen LogP contribution in [0.4, 0.5) is 0 Å². The first-order chi connectivity index (χ1) is 15.3. The van der Waals surface area contributed by atoms with Gasteiger partial charge in [-0.25, -0.2) is 0 Å². The maximum absolute atomic E-state index is 6.35. The molecule has 3 nitrogen and oxygen atoms in total. The Hall–Kier alpha value is -3.08. The van der Waals surface area contributed by atoms with Gasteiger partial charge in [-0.3, -0.25) is 0 Å². The Morgan fingerprint density at radius 3 is 2.09 bits per heavy atom. The van der Waals surface area contributed by atoms with Gasteiger partial charge in [-0.15, -0.1) is 0 Å². The van der Waals surface area contributed by atoms with Crippen molar-refractivity contribution in [3.05, 3.63) is 78.9 Å². The second-order valence-corrected chi connectivity index (χ2v) is 9.68. The predicted molar refractivity (Wildman–Crippen MR) is 132 cm³/mol. The molecule has 0 aliphatic carbocycles. The largest absolute Gasteiger partial charge is 0.495 e. The highest BCUT2D eigenvalue weighted by Gasteiger charge is 2.52. The zero-order valence-corrected chi connectivity index (χ0v) is 18.8. The molecular formula is C28H25BO3. The maximum atomic E-state index is 6.35. The van der Waals surface area contributed by atoms with Gasteiger partial charge >= 0.3 is 7.12 Å². The van der Waals surface area contributed by atoms with Crippen molar-refractivity contribution < 1.29 is 13.7 Å². The normalized spacial score (nSPS) is 17.6. The topological polar surface area (TPSA) is 31.6 Å². The predicted octanol–water partition coefficient (Wildman–Crippen LogP) is 6.71. The van der Waals surface area contributed by atoms with Gasteiger partial charge in [-0.2, -0.15) is 0 Å². The van der Waals surface area contributed by atoms with E-state index >= 15 is 0 Å². The lowest BCUT2D eigenvalue weighted by atomic mass is 9.76. The van der Waals surface area contributed by atoms with Crippen LogP contribution in [0, 0.1) is 0 Å². The fourth-order valence-electron chi connectivity index (χ4n) is 4.57. The van der Waals surface area contributed by atoms with Crippen molar-refractivity contribution in [1.82, 2.24) is 0 Å². The highest BCUT2D eigenvalue weighted by molar-refractivity contribution is 6.66. The third-order valence-corrected chi connectivity index (χ3v) is 7.12. The summed E-state index contributed by atoms with van der Waals surface area (Å²) >= 11 is 0. The molecular weight excluding hydrogens is 395 g/mol. The van der Waals surface area contributed by atoms with E-state index in [1.165, 1.54) is 16.3 Å². The highest BCUT2D eigenvalue weighted by Crippen LogP contribution is 2.38. The summed E-state index contributed by atoms with van der Waals surface area (Å²) < 4.78 is 19.0. The molecule has 5 aromatic rings. The van der Waals surface area contributed by atoms with Gasteiger partial charge in [0.1, 0.15) is 11.2 Å². The smallest absolute Gasteiger partial charge is 0.456 e. The van der Waals surface area contributed by atoms with Gasteiger partial charge < -0.3 is 13.7 Å². The summed E-state index contributed by atoms with van der Waals surface area (Å²) in [5, 5.41) is 4.62. The minimum atomic E-state index is -0.426. The Morgan fingerprint density at radius 1 is 0.625 bits per heavy atom. The van der Waals surface area contributed by atoms with Crippen LogP contribution in [-0.2, 0) is 9.31 Å². The summed E-state index contributed by atoms with van der Waals surface area (Å²) in [5.41, 5.74) is 4.28. The van der Waals surface area contributed by atoms with E-state index in [2.05, 4.69) is 94.4 Å². The molecule has 6 rings (SSSR count). The summed E-state index contributed by atoms with van der Waals surface area (Å²) in [4.78, 5) is 0. The van der Waals surface area contributed by atoms with Crippen LogP contribution in [0.15, 0.2) is 83.3 Å². The third-order valence-electron chi connectivity index (χ3n) is 7.12. The standard InChI is InChI=1S/C28H25BO3/c1-27(2)28(3,4)32-29(31-27)23-10-7-11-24-26(23)22-15-14-21(17-25(22)30-24)20-13-12-18-8-5-6-9-19(18)16-20/h5-17H,1-4H3. The summed E-state index contributed by atoms with van der Waals surface area (Å²) in [6, 6.07) is 27.6. The van der Waals surface area contributed by atoms with E-state index in [1.54, 1.807) is 0 Å². The number of rotatable bonds is 2. The van der Waals surface area contributed by atoms with Crippen LogP contribution in [-0.4, -0.2) is 18.3 Å². The van der Waals surface area contributed by atoms with Crippen molar-refractivity contribution >= 4 is 45.3 Å². The van der Waals surface area contributed by atoms with Gasteiger partial charge in [-0.1, -0.05) is 54.6 Å². The molecule has 0 amide bonds. The Kier molecular flexibility index (Phi) is 4.11. The van der Waals surface area contributed by atoms with E-state index in [-0.39, 0.29) is 11.2 Å². The zero-order chi connectivity index (χ0) is 22.1. The average molecular weight is 420 g/mol. The molecule has 1 fully saturated rings. The van der Waals surface area contributed by atoms with Crippen molar-refractivity contribution in [3.8, 4) is 11.1 Å². The Balaban J connectivity index is 1.48. The average Bonchev–Trinajstić information content (AvgIpc) is 3.25. The Morgan fingerprint density at radius 2 is 1.31 bits per heavy atom. The van der Waals surface area contributed by atoms with Gasteiger partial charge in [0.15, 0.2) is 0 Å². The molecule has 4 aromatic carbocycles. The molecule has 2 heterocycles. The SMILES string of the molecule is CC1(C)OB(c2cccc3oc4cc(-c5ccc6ccccc6c5)ccc4c23)OC1(C)C. The van der Waals surface area contributed by atoms with E-state index in [0.717, 1.165) is 33.0 Å². The molecule has 1 aliphatic rings. The molecule has 158 valence electrons. The lowest BCUT2D eigenvalue weighted by Crippen LogP contribution is -2.41. The second-order valence-electron chi connectivity index (χ2n) is 9.68. The van der Waals surface area contributed by atoms with Gasteiger partial charge in [0.25, 0.3) is 0 Å². The molecule has 0 spiro atoms. The number of fused-ring (bicyclic) bond motifs is 4. The second kappa shape index (κ2) is 6.71. The van der Waals surface area contributed by atoms with Crippen LogP contribution in [0.3, 0.4) is 0 Å². The van der Waals surface area contributed by atoms with E-state index in [0.29, 0.717) is 0 Å². The first kappa shape index (κ1) is 19.6. The Bertz CT molecular complexity index is 1480. The van der Waals surface area contributed by atoms with E-state index in [1.807, 2.05) is 12.1 Å². The fraction of sp³-hybridized carbons (Fsp3) is 0.214. The van der Waals surface area contributed by atoms with Crippen LogP contribution in [0.1, 0.15) is 27.7 Å². The van der Waals surface area contributed by atoms with Crippen LogP contribution < -0.4 is 5.46 Å². The monoisotopic (exact) mass is 420 g/mol. The molecule has 1 saturated heterocycles. The first-order valence-corrected chi connectivity index (χ1v) is 11.1. The van der Waals surface area contributed by atoms with Crippen molar-refractivity contribution in [2.75, 3.05) is 0 Å². The molecule has 0 unspecified atom stereocenters. The molecule has 0 atom stereocenters. The minimum absolute atomic E-state index is 0.386. The number of benzene rings is 4. The lowest BCUT2D eigenvalue weighted by molar-refractivity contribution is 0.00578. The molecule has 0 bridgehead atoms. The molecule has 0 radical (unpaired) electrons. The third kappa shape index (κ3) is 2.91. The van der Waals surface area contributed by atoms with E-state index in [9.17, 15) is 0 Å². The Labute approximate surface area is 188 Å². The molecule has 0 N–H and O–H groups in total. The molecule has 4 heteroatoms. The maximum Gasteiger partial charge on any atom is 0.495 e. The fourth-order valence-corrected chi connectivity index (χ4v) is 4.57. The number of furan rings is 1.